The van der Waals surface area contributed by atoms with E-state index in [0.29, 0.717) is 48.4 Å². The van der Waals surface area contributed by atoms with Crippen LogP contribution in [0.3, 0.4) is 0 Å². The van der Waals surface area contributed by atoms with E-state index in [9.17, 15) is 9.59 Å². The van der Waals surface area contributed by atoms with E-state index in [1.165, 1.54) is 6.26 Å². The summed E-state index contributed by atoms with van der Waals surface area (Å²) in [5, 5.41) is 3.39. The Morgan fingerprint density at radius 1 is 1.03 bits per heavy atom. The summed E-state index contributed by atoms with van der Waals surface area (Å²) in [6, 6.07) is 17.6. The van der Waals surface area contributed by atoms with Crippen molar-refractivity contribution in [3.63, 3.8) is 0 Å². The van der Waals surface area contributed by atoms with Crippen LogP contribution in [-0.4, -0.2) is 54.9 Å². The molecule has 4 rings (SSSR count). The van der Waals surface area contributed by atoms with E-state index in [2.05, 4.69) is 10.2 Å². The van der Waals surface area contributed by atoms with Gasteiger partial charge >= 0.3 is 0 Å². The monoisotopic (exact) mass is 453 g/mol. The molecule has 1 atom stereocenters. The van der Waals surface area contributed by atoms with Gasteiger partial charge < -0.3 is 19.4 Å². The fraction of sp³-hybridized carbons (Fsp3) is 0.250. The average molecular weight is 454 g/mol. The van der Waals surface area contributed by atoms with Crippen molar-refractivity contribution in [2.45, 2.75) is 6.04 Å². The Morgan fingerprint density at radius 3 is 2.41 bits per heavy atom. The van der Waals surface area contributed by atoms with Gasteiger partial charge in [0, 0.05) is 31.9 Å². The Kier molecular flexibility index (Phi) is 6.78. The fourth-order valence-electron chi connectivity index (χ4n) is 3.86. The molecule has 3 aromatic rings. The minimum atomic E-state index is -0.502. The molecule has 2 heterocycles. The molecule has 0 saturated carbocycles. The number of furan rings is 1. The van der Waals surface area contributed by atoms with Gasteiger partial charge in [0.1, 0.15) is 11.8 Å². The summed E-state index contributed by atoms with van der Waals surface area (Å²) in [4.78, 5) is 29.8. The first-order valence-electron chi connectivity index (χ1n) is 10.3. The molecule has 0 radical (unpaired) electrons. The summed E-state index contributed by atoms with van der Waals surface area (Å²) in [5.74, 6) is 0.570. The highest BCUT2D eigenvalue weighted by atomic mass is 35.5. The maximum Gasteiger partial charge on any atom is 0.289 e. The molecule has 0 unspecified atom stereocenters. The van der Waals surface area contributed by atoms with Gasteiger partial charge in [0.25, 0.3) is 5.91 Å². The number of amides is 2. The zero-order valence-corrected chi connectivity index (χ0v) is 18.4. The van der Waals surface area contributed by atoms with Crippen LogP contribution in [0, 0.1) is 0 Å². The van der Waals surface area contributed by atoms with Crippen LogP contribution < -0.4 is 10.1 Å². The number of ether oxygens (including phenoxy) is 1. The van der Waals surface area contributed by atoms with Crippen molar-refractivity contribution in [3.8, 4) is 5.75 Å². The summed E-state index contributed by atoms with van der Waals surface area (Å²) in [6.45, 7) is 2.13. The maximum atomic E-state index is 13.4. The topological polar surface area (TPSA) is 75.0 Å². The molecule has 1 N–H and O–H groups in total. The number of halogens is 1. The van der Waals surface area contributed by atoms with Crippen LogP contribution in [0.5, 0.6) is 5.75 Å². The highest BCUT2D eigenvalue weighted by Gasteiger charge is 2.32. The summed E-state index contributed by atoms with van der Waals surface area (Å²) in [5.41, 5.74) is 1.48. The molecule has 8 heteroatoms. The standard InChI is InChI=1S/C24H24ClN3O4/c1-31-20-10-9-18(16-19(20)25)26-23(29)22(17-6-3-2-4-7-17)27-11-13-28(14-12-27)24(30)21-8-5-15-32-21/h2-10,15-16,22H,11-14H2,1H3,(H,26,29)/t22-/m1/s1. The Labute approximate surface area is 191 Å². The summed E-state index contributed by atoms with van der Waals surface area (Å²) < 4.78 is 10.4. The van der Waals surface area contributed by atoms with Gasteiger partial charge in [0.2, 0.25) is 5.91 Å². The molecule has 2 aromatic carbocycles. The lowest BCUT2D eigenvalue weighted by molar-refractivity contribution is -0.122. The van der Waals surface area contributed by atoms with Crippen molar-refractivity contribution in [2.75, 3.05) is 38.6 Å². The van der Waals surface area contributed by atoms with Crippen LogP contribution in [-0.2, 0) is 4.79 Å². The molecule has 166 valence electrons. The molecule has 0 bridgehead atoms. The molecule has 1 aliphatic heterocycles. The molecule has 2 amide bonds. The van der Waals surface area contributed by atoms with Gasteiger partial charge in [-0.15, -0.1) is 0 Å². The van der Waals surface area contributed by atoms with E-state index < -0.39 is 6.04 Å². The predicted octanol–water partition coefficient (Wildman–Crippen LogP) is 4.08. The molecule has 0 spiro atoms. The summed E-state index contributed by atoms with van der Waals surface area (Å²) >= 11 is 6.21. The van der Waals surface area contributed by atoms with Crippen molar-refractivity contribution < 1.29 is 18.7 Å². The van der Waals surface area contributed by atoms with Crippen molar-refractivity contribution >= 4 is 29.1 Å². The van der Waals surface area contributed by atoms with Crippen molar-refractivity contribution in [1.29, 1.82) is 0 Å². The molecule has 1 aromatic heterocycles. The zero-order chi connectivity index (χ0) is 22.5. The smallest absolute Gasteiger partial charge is 0.289 e. The highest BCUT2D eigenvalue weighted by Crippen LogP contribution is 2.29. The van der Waals surface area contributed by atoms with Gasteiger partial charge in [-0.3, -0.25) is 14.5 Å². The molecule has 0 aliphatic carbocycles. The van der Waals surface area contributed by atoms with Crippen LogP contribution in [0.1, 0.15) is 22.2 Å². The van der Waals surface area contributed by atoms with E-state index in [0.717, 1.165) is 5.56 Å². The Balaban J connectivity index is 1.50. The number of benzene rings is 2. The van der Waals surface area contributed by atoms with Crippen LogP contribution in [0.15, 0.2) is 71.3 Å². The van der Waals surface area contributed by atoms with Gasteiger partial charge in [-0.25, -0.2) is 0 Å². The molecule has 32 heavy (non-hydrogen) atoms. The minimum Gasteiger partial charge on any atom is -0.495 e. The lowest BCUT2D eigenvalue weighted by Gasteiger charge is -2.38. The maximum absolute atomic E-state index is 13.4. The lowest BCUT2D eigenvalue weighted by Crippen LogP contribution is -2.51. The molecule has 7 nitrogen and oxygen atoms in total. The second-order valence-electron chi connectivity index (χ2n) is 7.46. The van der Waals surface area contributed by atoms with Crippen molar-refractivity contribution in [1.82, 2.24) is 9.80 Å². The van der Waals surface area contributed by atoms with Crippen molar-refractivity contribution in [3.05, 3.63) is 83.3 Å². The molecule has 1 saturated heterocycles. The highest BCUT2D eigenvalue weighted by molar-refractivity contribution is 6.32. The van der Waals surface area contributed by atoms with E-state index in [4.69, 9.17) is 20.8 Å². The number of carbonyl (C=O) groups excluding carboxylic acids is 2. The zero-order valence-electron chi connectivity index (χ0n) is 17.7. The summed E-state index contributed by atoms with van der Waals surface area (Å²) in [7, 11) is 1.54. The predicted molar refractivity (Wildman–Crippen MR) is 122 cm³/mol. The Bertz CT molecular complexity index is 1060. The second-order valence-corrected chi connectivity index (χ2v) is 7.86. The third kappa shape index (κ3) is 4.79. The largest absolute Gasteiger partial charge is 0.495 e. The first-order valence-corrected chi connectivity index (χ1v) is 10.7. The van der Waals surface area contributed by atoms with E-state index in [1.54, 1.807) is 42.3 Å². The molecule has 1 fully saturated rings. The van der Waals surface area contributed by atoms with Crippen LogP contribution in [0.25, 0.3) is 0 Å². The molecule has 1 aliphatic rings. The third-order valence-electron chi connectivity index (χ3n) is 5.48. The Hall–Kier alpha value is -3.29. The van der Waals surface area contributed by atoms with Gasteiger partial charge in [0.15, 0.2) is 5.76 Å². The normalized spacial score (nSPS) is 15.2. The van der Waals surface area contributed by atoms with Crippen LogP contribution in [0.4, 0.5) is 5.69 Å². The number of methoxy groups -OCH3 is 1. The quantitative estimate of drug-likeness (QED) is 0.608. The second kappa shape index (κ2) is 9.89. The number of hydrogen-bond acceptors (Lipinski definition) is 5. The number of anilines is 1. The lowest BCUT2D eigenvalue weighted by atomic mass is 10.0. The number of carbonyl (C=O) groups is 2. The average Bonchev–Trinajstić information content (AvgIpc) is 3.35. The summed E-state index contributed by atoms with van der Waals surface area (Å²) in [6.07, 6.45) is 1.49. The van der Waals surface area contributed by atoms with Crippen LogP contribution >= 0.6 is 11.6 Å². The number of hydrogen-bond donors (Lipinski definition) is 1. The van der Waals surface area contributed by atoms with Gasteiger partial charge in [-0.2, -0.15) is 0 Å². The number of nitrogens with zero attached hydrogens (tertiary/aromatic N) is 2. The molecular weight excluding hydrogens is 430 g/mol. The van der Waals surface area contributed by atoms with Gasteiger partial charge in [-0.05, 0) is 35.9 Å². The van der Waals surface area contributed by atoms with E-state index in [1.807, 2.05) is 30.3 Å². The van der Waals surface area contributed by atoms with Gasteiger partial charge in [0.05, 0.1) is 18.4 Å². The minimum absolute atomic E-state index is 0.136. The van der Waals surface area contributed by atoms with E-state index >= 15 is 0 Å². The molecular formula is C24H24ClN3O4. The number of piperazine rings is 1. The van der Waals surface area contributed by atoms with Gasteiger partial charge in [-0.1, -0.05) is 41.9 Å². The first kappa shape index (κ1) is 21.9. The third-order valence-corrected chi connectivity index (χ3v) is 5.78. The Morgan fingerprint density at radius 2 is 1.78 bits per heavy atom. The number of nitrogens with one attached hydrogen (secondary N) is 1. The fourth-order valence-corrected chi connectivity index (χ4v) is 4.12. The SMILES string of the molecule is COc1ccc(NC(=O)[C@@H](c2ccccc2)N2CCN(C(=O)c3ccco3)CC2)cc1Cl. The van der Waals surface area contributed by atoms with Crippen molar-refractivity contribution in [2.24, 2.45) is 0 Å². The number of rotatable bonds is 6. The van der Waals surface area contributed by atoms with Crippen LogP contribution in [0.2, 0.25) is 5.02 Å². The van der Waals surface area contributed by atoms with E-state index in [-0.39, 0.29) is 11.8 Å². The first-order chi connectivity index (χ1) is 15.6.